The summed E-state index contributed by atoms with van der Waals surface area (Å²) in [5.41, 5.74) is 0.962. The molecule has 0 N–H and O–H groups in total. The summed E-state index contributed by atoms with van der Waals surface area (Å²) in [6, 6.07) is 12.0. The van der Waals surface area contributed by atoms with Crippen LogP contribution in [-0.2, 0) is 0 Å². The van der Waals surface area contributed by atoms with Crippen molar-refractivity contribution < 1.29 is 4.52 Å². The maximum absolute atomic E-state index is 5.60. The molecule has 25 heavy (non-hydrogen) atoms. The zero-order chi connectivity index (χ0) is 16.6. The molecule has 4 aromatic rings. The summed E-state index contributed by atoms with van der Waals surface area (Å²) in [7, 11) is 0. The van der Waals surface area contributed by atoms with E-state index in [0.29, 0.717) is 11.7 Å². The number of nitrogens with zero attached hydrogens (tertiary/aromatic N) is 5. The maximum atomic E-state index is 5.60. The third-order valence-corrected chi connectivity index (χ3v) is 5.35. The number of thiophene rings is 1. The zero-order valence-electron chi connectivity index (χ0n) is 13.4. The molecular weight excluding hydrogens is 334 g/mol. The van der Waals surface area contributed by atoms with Gasteiger partial charge in [-0.05, 0) is 24.3 Å². The predicted octanol–water partition coefficient (Wildman–Crippen LogP) is 4.08. The van der Waals surface area contributed by atoms with E-state index in [2.05, 4.69) is 31.1 Å². The van der Waals surface area contributed by atoms with E-state index in [9.17, 15) is 0 Å². The molecule has 1 saturated heterocycles. The van der Waals surface area contributed by atoms with Crippen LogP contribution < -0.4 is 4.90 Å². The van der Waals surface area contributed by atoms with Gasteiger partial charge in [-0.25, -0.2) is 9.97 Å². The second-order valence-electron chi connectivity index (χ2n) is 6.01. The molecule has 1 fully saturated rings. The Balaban J connectivity index is 1.52. The van der Waals surface area contributed by atoms with Crippen LogP contribution in [0.5, 0.6) is 0 Å². The third kappa shape index (κ3) is 2.47. The molecular formula is C18H15N5OS. The Morgan fingerprint density at radius 3 is 2.96 bits per heavy atom. The van der Waals surface area contributed by atoms with Gasteiger partial charge in [0.05, 0.1) is 5.39 Å². The fourth-order valence-corrected chi connectivity index (χ4v) is 4.09. The number of benzene rings is 1. The largest absolute Gasteiger partial charge is 0.344 e. The summed E-state index contributed by atoms with van der Waals surface area (Å²) >= 11 is 1.63. The zero-order valence-corrected chi connectivity index (χ0v) is 14.2. The summed E-state index contributed by atoms with van der Waals surface area (Å²) < 4.78 is 5.60. The van der Waals surface area contributed by atoms with Gasteiger partial charge in [-0.2, -0.15) is 4.98 Å². The van der Waals surface area contributed by atoms with Crippen LogP contribution in [0, 0.1) is 0 Å². The average Bonchev–Trinajstić information content (AvgIpc) is 3.40. The van der Waals surface area contributed by atoms with Gasteiger partial charge in [0.2, 0.25) is 11.7 Å². The van der Waals surface area contributed by atoms with Crippen LogP contribution in [-0.4, -0.2) is 26.7 Å². The molecule has 0 amide bonds. The van der Waals surface area contributed by atoms with Crippen LogP contribution in [0.15, 0.2) is 52.6 Å². The van der Waals surface area contributed by atoms with Crippen molar-refractivity contribution in [2.45, 2.75) is 18.9 Å². The molecule has 124 valence electrons. The molecule has 6 nitrogen and oxygen atoms in total. The van der Waals surface area contributed by atoms with Crippen LogP contribution in [0.25, 0.3) is 21.6 Å². The van der Waals surface area contributed by atoms with Gasteiger partial charge in [0.1, 0.15) is 23.0 Å². The Labute approximate surface area is 148 Å². The van der Waals surface area contributed by atoms with Gasteiger partial charge < -0.3 is 9.42 Å². The fraction of sp³-hybridized carbons (Fsp3) is 0.222. The minimum absolute atomic E-state index is 0.0583. The molecule has 0 saturated carbocycles. The van der Waals surface area contributed by atoms with Crippen molar-refractivity contribution in [3.8, 4) is 11.4 Å². The van der Waals surface area contributed by atoms with E-state index >= 15 is 0 Å². The van der Waals surface area contributed by atoms with E-state index in [-0.39, 0.29) is 6.04 Å². The lowest BCUT2D eigenvalue weighted by atomic mass is 10.2. The molecule has 4 heterocycles. The van der Waals surface area contributed by atoms with Crippen molar-refractivity contribution in [3.63, 3.8) is 0 Å². The molecule has 0 spiro atoms. The highest BCUT2D eigenvalue weighted by Crippen LogP contribution is 2.38. The number of hydrogen-bond donors (Lipinski definition) is 0. The molecule has 1 aromatic carbocycles. The maximum Gasteiger partial charge on any atom is 0.249 e. The molecule has 3 aromatic heterocycles. The highest BCUT2D eigenvalue weighted by Gasteiger charge is 2.33. The van der Waals surface area contributed by atoms with Gasteiger partial charge in [0.15, 0.2) is 0 Å². The van der Waals surface area contributed by atoms with E-state index in [1.165, 1.54) is 0 Å². The Morgan fingerprint density at radius 2 is 2.04 bits per heavy atom. The Hall–Kier alpha value is -2.80. The summed E-state index contributed by atoms with van der Waals surface area (Å²) in [5.74, 6) is 2.23. The first-order valence-corrected chi connectivity index (χ1v) is 9.12. The molecule has 1 atom stereocenters. The summed E-state index contributed by atoms with van der Waals surface area (Å²) in [4.78, 5) is 16.8. The first-order chi connectivity index (χ1) is 12.4. The summed E-state index contributed by atoms with van der Waals surface area (Å²) in [5, 5.41) is 7.30. The monoisotopic (exact) mass is 349 g/mol. The Morgan fingerprint density at radius 1 is 1.12 bits per heavy atom. The van der Waals surface area contributed by atoms with Crippen LogP contribution in [0.3, 0.4) is 0 Å². The Kier molecular flexibility index (Phi) is 3.45. The third-order valence-electron chi connectivity index (χ3n) is 4.52. The van der Waals surface area contributed by atoms with E-state index in [1.54, 1.807) is 17.7 Å². The quantitative estimate of drug-likeness (QED) is 0.555. The predicted molar refractivity (Wildman–Crippen MR) is 96.5 cm³/mol. The van der Waals surface area contributed by atoms with Crippen molar-refractivity contribution in [2.75, 3.05) is 11.4 Å². The van der Waals surface area contributed by atoms with E-state index in [0.717, 1.165) is 41.0 Å². The molecule has 1 aliphatic rings. The number of fused-ring (bicyclic) bond motifs is 1. The second-order valence-corrected chi connectivity index (χ2v) is 6.90. The van der Waals surface area contributed by atoms with Gasteiger partial charge in [-0.3, -0.25) is 0 Å². The lowest BCUT2D eigenvalue weighted by Crippen LogP contribution is -2.24. The van der Waals surface area contributed by atoms with E-state index < -0.39 is 0 Å². The SMILES string of the molecule is c1ccc(-c2noc(C3CCCN3c3ncnc4sccc34)n2)cc1. The molecule has 0 bridgehead atoms. The van der Waals surface area contributed by atoms with E-state index in [4.69, 9.17) is 4.52 Å². The first-order valence-electron chi connectivity index (χ1n) is 8.24. The second kappa shape index (κ2) is 5.93. The number of anilines is 1. The molecule has 7 heteroatoms. The Bertz CT molecular complexity index is 1010. The van der Waals surface area contributed by atoms with Gasteiger partial charge >= 0.3 is 0 Å². The average molecular weight is 349 g/mol. The smallest absolute Gasteiger partial charge is 0.249 e. The topological polar surface area (TPSA) is 67.9 Å². The molecule has 1 aliphatic heterocycles. The van der Waals surface area contributed by atoms with E-state index in [1.807, 2.05) is 35.7 Å². The van der Waals surface area contributed by atoms with Gasteiger partial charge in [0, 0.05) is 12.1 Å². The van der Waals surface area contributed by atoms with Crippen LogP contribution in [0.2, 0.25) is 0 Å². The van der Waals surface area contributed by atoms with Crippen molar-refractivity contribution in [1.82, 2.24) is 20.1 Å². The first kappa shape index (κ1) is 14.5. The van der Waals surface area contributed by atoms with Crippen LogP contribution >= 0.6 is 11.3 Å². The molecule has 1 unspecified atom stereocenters. The molecule has 5 rings (SSSR count). The standard InChI is InChI=1S/C18H15N5OS/c1-2-5-12(6-3-1)15-21-17(24-22-15)14-7-4-9-23(14)16-13-8-10-25-18(13)20-11-19-16/h1-3,5-6,8,10-11,14H,4,7,9H2. The lowest BCUT2D eigenvalue weighted by Gasteiger charge is -2.23. The van der Waals surface area contributed by atoms with Gasteiger partial charge in [-0.1, -0.05) is 35.5 Å². The highest BCUT2D eigenvalue weighted by molar-refractivity contribution is 7.16. The van der Waals surface area contributed by atoms with Gasteiger partial charge in [0.25, 0.3) is 0 Å². The number of rotatable bonds is 3. The molecule has 0 aliphatic carbocycles. The summed E-state index contributed by atoms with van der Waals surface area (Å²) in [6.07, 6.45) is 3.68. The van der Waals surface area contributed by atoms with Crippen LogP contribution in [0.1, 0.15) is 24.8 Å². The minimum Gasteiger partial charge on any atom is -0.344 e. The summed E-state index contributed by atoms with van der Waals surface area (Å²) in [6.45, 7) is 0.926. The lowest BCUT2D eigenvalue weighted by molar-refractivity contribution is 0.355. The normalized spacial score (nSPS) is 17.4. The number of hydrogen-bond acceptors (Lipinski definition) is 7. The highest BCUT2D eigenvalue weighted by atomic mass is 32.1. The van der Waals surface area contributed by atoms with Gasteiger partial charge in [-0.15, -0.1) is 11.3 Å². The van der Waals surface area contributed by atoms with Crippen molar-refractivity contribution >= 4 is 27.4 Å². The number of aromatic nitrogens is 4. The minimum atomic E-state index is 0.0583. The van der Waals surface area contributed by atoms with Crippen molar-refractivity contribution in [3.05, 3.63) is 54.0 Å². The van der Waals surface area contributed by atoms with Crippen molar-refractivity contribution in [2.24, 2.45) is 0 Å². The van der Waals surface area contributed by atoms with Crippen LogP contribution in [0.4, 0.5) is 5.82 Å². The van der Waals surface area contributed by atoms with Crippen molar-refractivity contribution in [1.29, 1.82) is 0 Å². The fourth-order valence-electron chi connectivity index (χ4n) is 3.36. The molecule has 0 radical (unpaired) electrons.